The first-order valence-corrected chi connectivity index (χ1v) is 10.7. The van der Waals surface area contributed by atoms with Crippen molar-refractivity contribution in [2.24, 2.45) is 35.0 Å². The van der Waals surface area contributed by atoms with Crippen LogP contribution in [0.2, 0.25) is 0 Å². The quantitative estimate of drug-likeness (QED) is 0.535. The van der Waals surface area contributed by atoms with Gasteiger partial charge in [0.1, 0.15) is 0 Å². The average Bonchev–Trinajstić information content (AvgIpc) is 2.92. The maximum Gasteiger partial charge on any atom is 0.0596 e. The fourth-order valence-electron chi connectivity index (χ4n) is 6.80. The second-order valence-electron chi connectivity index (χ2n) is 8.65. The summed E-state index contributed by atoms with van der Waals surface area (Å²) in [6.45, 7) is 8.05. The largest absolute Gasteiger partial charge is 0.393 e. The smallest absolute Gasteiger partial charge is 0.0596 e. The standard InChI is InChI=1S/C18H30O.C3H4.C2H6/c1-18-11-10-14-13-5-3-2-4-12(13)6-7-15(14)16(18)8-9-17(18)19;1-3-2;1-2/h12-17,19H,2-11H2,1H3;1H,2H3;1-2H3. The van der Waals surface area contributed by atoms with E-state index < -0.39 is 0 Å². The van der Waals surface area contributed by atoms with E-state index in [0.717, 1.165) is 36.0 Å². The van der Waals surface area contributed by atoms with Crippen molar-refractivity contribution < 1.29 is 5.11 Å². The summed E-state index contributed by atoms with van der Waals surface area (Å²) in [7, 11) is 0. The van der Waals surface area contributed by atoms with E-state index >= 15 is 0 Å². The predicted molar refractivity (Wildman–Crippen MR) is 104 cm³/mol. The fourth-order valence-corrected chi connectivity index (χ4v) is 6.80. The molecular formula is C23H40O. The highest BCUT2D eigenvalue weighted by Gasteiger charge is 2.56. The second-order valence-corrected chi connectivity index (χ2v) is 8.65. The molecule has 1 nitrogen and oxygen atoms in total. The minimum absolute atomic E-state index is 0.00234. The summed E-state index contributed by atoms with van der Waals surface area (Å²) >= 11 is 0. The predicted octanol–water partition coefficient (Wildman–Crippen LogP) is 6.06. The third-order valence-corrected chi connectivity index (χ3v) is 7.83. The van der Waals surface area contributed by atoms with E-state index in [0.29, 0.717) is 0 Å². The number of aliphatic hydroxyl groups is 1. The highest BCUT2D eigenvalue weighted by Crippen LogP contribution is 2.62. The third-order valence-electron chi connectivity index (χ3n) is 7.83. The number of hydrogen-bond donors (Lipinski definition) is 1. The molecule has 24 heavy (non-hydrogen) atoms. The molecule has 0 aromatic carbocycles. The zero-order chi connectivity index (χ0) is 17.7. The molecule has 4 rings (SSSR count). The van der Waals surface area contributed by atoms with Crippen molar-refractivity contribution in [2.75, 3.05) is 0 Å². The Morgan fingerprint density at radius 3 is 2.25 bits per heavy atom. The van der Waals surface area contributed by atoms with Crippen molar-refractivity contribution in [1.82, 2.24) is 0 Å². The van der Waals surface area contributed by atoms with Crippen LogP contribution >= 0.6 is 0 Å². The van der Waals surface area contributed by atoms with Gasteiger partial charge in [0, 0.05) is 0 Å². The molecule has 0 radical (unpaired) electrons. The van der Waals surface area contributed by atoms with E-state index in [9.17, 15) is 5.11 Å². The highest BCUT2D eigenvalue weighted by molar-refractivity contribution is 5.05. The van der Waals surface area contributed by atoms with Gasteiger partial charge in [-0.2, -0.15) is 0 Å². The lowest BCUT2D eigenvalue weighted by Gasteiger charge is -2.55. The van der Waals surface area contributed by atoms with Crippen molar-refractivity contribution in [3.8, 4) is 12.3 Å². The van der Waals surface area contributed by atoms with Gasteiger partial charge >= 0.3 is 0 Å². The van der Waals surface area contributed by atoms with Crippen molar-refractivity contribution >= 4 is 0 Å². The molecule has 7 atom stereocenters. The van der Waals surface area contributed by atoms with Crippen LogP contribution in [0.5, 0.6) is 0 Å². The Morgan fingerprint density at radius 2 is 1.54 bits per heavy atom. The molecule has 0 saturated heterocycles. The number of rotatable bonds is 0. The first kappa shape index (κ1) is 19.8. The summed E-state index contributed by atoms with van der Waals surface area (Å²) in [6, 6.07) is 0. The number of aliphatic hydroxyl groups excluding tert-OH is 1. The molecule has 1 N–H and O–H groups in total. The maximum atomic E-state index is 10.4. The van der Waals surface area contributed by atoms with E-state index in [-0.39, 0.29) is 11.5 Å². The number of terminal acetylenes is 1. The van der Waals surface area contributed by atoms with Crippen LogP contribution in [-0.4, -0.2) is 11.2 Å². The maximum absolute atomic E-state index is 10.4. The molecule has 4 saturated carbocycles. The average molecular weight is 333 g/mol. The topological polar surface area (TPSA) is 20.2 Å². The van der Waals surface area contributed by atoms with E-state index in [1.165, 1.54) is 57.8 Å². The summed E-state index contributed by atoms with van der Waals surface area (Å²) in [5, 5.41) is 10.4. The van der Waals surface area contributed by atoms with Crippen LogP contribution in [0.4, 0.5) is 0 Å². The highest BCUT2D eigenvalue weighted by atomic mass is 16.3. The van der Waals surface area contributed by atoms with Crippen LogP contribution in [-0.2, 0) is 0 Å². The summed E-state index contributed by atoms with van der Waals surface area (Å²) in [5.41, 5.74) is 0.280. The Morgan fingerprint density at radius 1 is 0.875 bits per heavy atom. The van der Waals surface area contributed by atoms with Gasteiger partial charge in [-0.1, -0.05) is 40.0 Å². The Hall–Kier alpha value is -0.480. The van der Waals surface area contributed by atoms with Gasteiger partial charge in [-0.3, -0.25) is 0 Å². The van der Waals surface area contributed by atoms with Gasteiger partial charge in [-0.05, 0) is 86.9 Å². The summed E-state index contributed by atoms with van der Waals surface area (Å²) < 4.78 is 0. The van der Waals surface area contributed by atoms with Crippen LogP contribution in [0.25, 0.3) is 0 Å². The Labute approximate surface area is 151 Å². The monoisotopic (exact) mass is 332 g/mol. The van der Waals surface area contributed by atoms with Crippen molar-refractivity contribution in [2.45, 2.75) is 98.0 Å². The molecule has 1 heteroatoms. The molecule has 138 valence electrons. The molecule has 0 aromatic heterocycles. The zero-order valence-corrected chi connectivity index (χ0v) is 16.6. The summed E-state index contributed by atoms with van der Waals surface area (Å²) in [5.74, 6) is 7.24. The third kappa shape index (κ3) is 3.55. The first-order chi connectivity index (χ1) is 11.6. The van der Waals surface area contributed by atoms with Gasteiger partial charge in [0.05, 0.1) is 6.10 Å². The molecule has 0 amide bonds. The summed E-state index contributed by atoms with van der Waals surface area (Å²) in [4.78, 5) is 0. The van der Waals surface area contributed by atoms with Crippen molar-refractivity contribution in [3.05, 3.63) is 0 Å². The van der Waals surface area contributed by atoms with Crippen molar-refractivity contribution in [1.29, 1.82) is 0 Å². The minimum atomic E-state index is 0.00234. The molecular weight excluding hydrogens is 292 g/mol. The summed E-state index contributed by atoms with van der Waals surface area (Å²) in [6.07, 6.45) is 18.8. The van der Waals surface area contributed by atoms with Crippen LogP contribution in [0, 0.1) is 47.3 Å². The first-order valence-electron chi connectivity index (χ1n) is 10.7. The van der Waals surface area contributed by atoms with Gasteiger partial charge in [0.25, 0.3) is 0 Å². The van der Waals surface area contributed by atoms with Crippen LogP contribution in [0.1, 0.15) is 91.9 Å². The Bertz CT molecular complexity index is 422. The molecule has 0 bridgehead atoms. The van der Waals surface area contributed by atoms with E-state index in [4.69, 9.17) is 0 Å². The lowest BCUT2D eigenvalue weighted by Crippen LogP contribution is -2.48. The van der Waals surface area contributed by atoms with Gasteiger partial charge in [-0.25, -0.2) is 0 Å². The Kier molecular flexibility index (Phi) is 7.23. The normalized spacial score (nSPS) is 45.8. The molecule has 7 unspecified atom stereocenters. The minimum Gasteiger partial charge on any atom is -0.393 e. The van der Waals surface area contributed by atoms with Gasteiger partial charge in [-0.15, -0.1) is 12.3 Å². The second kappa shape index (κ2) is 8.75. The zero-order valence-electron chi connectivity index (χ0n) is 16.6. The van der Waals surface area contributed by atoms with Crippen LogP contribution in [0.15, 0.2) is 0 Å². The molecule has 4 aliphatic rings. The molecule has 4 aliphatic carbocycles. The van der Waals surface area contributed by atoms with E-state index in [1.807, 2.05) is 13.8 Å². The molecule has 0 aromatic rings. The van der Waals surface area contributed by atoms with Crippen LogP contribution < -0.4 is 0 Å². The lowest BCUT2D eigenvalue weighted by molar-refractivity contribution is -0.0809. The molecule has 0 spiro atoms. The van der Waals surface area contributed by atoms with Gasteiger partial charge in [0.15, 0.2) is 0 Å². The van der Waals surface area contributed by atoms with Crippen molar-refractivity contribution in [3.63, 3.8) is 0 Å². The van der Waals surface area contributed by atoms with Gasteiger partial charge in [0.2, 0.25) is 0 Å². The molecule has 0 heterocycles. The number of fused-ring (bicyclic) bond motifs is 5. The number of hydrogen-bond acceptors (Lipinski definition) is 1. The van der Waals surface area contributed by atoms with Gasteiger partial charge < -0.3 is 5.11 Å². The Balaban J connectivity index is 0.000000378. The SMILES string of the molecule is C#CC.CC.CC12CCC3C4CCCCC4CCC3C1CCC2O. The molecule has 4 fully saturated rings. The molecule has 0 aliphatic heterocycles. The van der Waals surface area contributed by atoms with E-state index in [2.05, 4.69) is 19.3 Å². The lowest BCUT2D eigenvalue weighted by atomic mass is 9.50. The van der Waals surface area contributed by atoms with E-state index in [1.54, 1.807) is 6.92 Å². The fraction of sp³-hybridized carbons (Fsp3) is 0.913. The van der Waals surface area contributed by atoms with Crippen LogP contribution in [0.3, 0.4) is 0 Å².